The predicted octanol–water partition coefficient (Wildman–Crippen LogP) is 2.68. The molecule has 144 valence electrons. The number of anilines is 1. The van der Waals surface area contributed by atoms with Crippen LogP contribution in [0.2, 0.25) is 0 Å². The molecule has 0 saturated carbocycles. The Bertz CT molecular complexity index is 960. The van der Waals surface area contributed by atoms with E-state index in [2.05, 4.69) is 11.0 Å². The second kappa shape index (κ2) is 7.92. The minimum absolute atomic E-state index is 0.0675. The largest absolute Gasteiger partial charge is 0.369 e. The minimum Gasteiger partial charge on any atom is -0.369 e. The molecule has 1 unspecified atom stereocenters. The van der Waals surface area contributed by atoms with Crippen molar-refractivity contribution in [2.75, 3.05) is 25.5 Å². The second-order valence-corrected chi connectivity index (χ2v) is 7.29. The summed E-state index contributed by atoms with van der Waals surface area (Å²) < 4.78 is 0. The molecule has 2 heterocycles. The minimum atomic E-state index is -1.32. The van der Waals surface area contributed by atoms with Crippen LogP contribution in [0.5, 0.6) is 0 Å². The number of carbonyl (C=O) groups is 2. The van der Waals surface area contributed by atoms with Gasteiger partial charge in [-0.05, 0) is 31.2 Å². The monoisotopic (exact) mass is 396 g/mol. The summed E-state index contributed by atoms with van der Waals surface area (Å²) in [6.45, 7) is 2.73. The molecular formula is C20H20N4O3S. The van der Waals surface area contributed by atoms with Crippen molar-refractivity contribution in [2.24, 2.45) is 0 Å². The average Bonchev–Trinajstić information content (AvgIpc) is 3.08. The lowest BCUT2D eigenvalue weighted by Gasteiger charge is -2.34. The van der Waals surface area contributed by atoms with E-state index in [9.17, 15) is 20.0 Å². The van der Waals surface area contributed by atoms with Gasteiger partial charge >= 0.3 is 6.03 Å². The number of urea groups is 1. The molecule has 7 nitrogen and oxygen atoms in total. The normalized spacial score (nSPS) is 22.9. The van der Waals surface area contributed by atoms with Crippen molar-refractivity contribution < 1.29 is 14.7 Å². The third kappa shape index (κ3) is 3.30. The molecule has 2 aliphatic heterocycles. The number of likely N-dealkylation sites (N-methyl/N-ethyl adjacent to an activating group) is 2. The molecule has 0 radical (unpaired) electrons. The van der Waals surface area contributed by atoms with E-state index in [0.29, 0.717) is 12.1 Å². The molecule has 8 heteroatoms. The highest BCUT2D eigenvalue weighted by Crippen LogP contribution is 2.46. The zero-order valence-corrected chi connectivity index (χ0v) is 16.6. The summed E-state index contributed by atoms with van der Waals surface area (Å²) >= 11 is 1.52. The van der Waals surface area contributed by atoms with Gasteiger partial charge in [0, 0.05) is 25.5 Å². The van der Waals surface area contributed by atoms with E-state index in [4.69, 9.17) is 0 Å². The molecule has 0 bridgehead atoms. The van der Waals surface area contributed by atoms with Crippen LogP contribution >= 0.6 is 11.8 Å². The number of rotatable bonds is 3. The first kappa shape index (κ1) is 19.7. The van der Waals surface area contributed by atoms with Gasteiger partial charge < -0.3 is 10.0 Å². The molecule has 2 aliphatic rings. The van der Waals surface area contributed by atoms with Crippen LogP contribution in [-0.2, 0) is 4.79 Å². The van der Waals surface area contributed by atoms with Crippen LogP contribution in [0.25, 0.3) is 0 Å². The highest BCUT2D eigenvalue weighted by atomic mass is 32.2. The first-order chi connectivity index (χ1) is 13.4. The number of carbonyl (C=O) groups excluding carboxylic acids is 2. The average molecular weight is 396 g/mol. The second-order valence-electron chi connectivity index (χ2n) is 6.26. The summed E-state index contributed by atoms with van der Waals surface area (Å²) in [6, 6.07) is 9.58. The van der Waals surface area contributed by atoms with E-state index in [1.807, 2.05) is 31.2 Å². The molecule has 28 heavy (non-hydrogen) atoms. The summed E-state index contributed by atoms with van der Waals surface area (Å²) in [5, 5.41) is 20.7. The van der Waals surface area contributed by atoms with E-state index in [1.165, 1.54) is 31.9 Å². The van der Waals surface area contributed by atoms with Crippen LogP contribution in [0.3, 0.4) is 0 Å². The molecule has 1 atom stereocenters. The number of hydrogen-bond donors (Lipinski definition) is 1. The molecule has 0 aliphatic carbocycles. The number of nitrogens with zero attached hydrogens (tertiary/aromatic N) is 4. The highest BCUT2D eigenvalue weighted by Gasteiger charge is 2.37. The lowest BCUT2D eigenvalue weighted by Crippen LogP contribution is -2.55. The lowest BCUT2D eigenvalue weighted by molar-refractivity contribution is -0.128. The Balaban J connectivity index is 1.92. The number of amides is 3. The van der Waals surface area contributed by atoms with Gasteiger partial charge in [0.05, 0.1) is 21.9 Å². The Morgan fingerprint density at radius 2 is 2.04 bits per heavy atom. The van der Waals surface area contributed by atoms with E-state index < -0.39 is 18.2 Å². The maximum atomic E-state index is 12.3. The van der Waals surface area contributed by atoms with Crippen LogP contribution in [0.1, 0.15) is 6.92 Å². The molecule has 0 spiro atoms. The topological polar surface area (TPSA) is 87.9 Å². The quantitative estimate of drug-likeness (QED) is 0.624. The van der Waals surface area contributed by atoms with Crippen LogP contribution in [0.15, 0.2) is 63.6 Å². The highest BCUT2D eigenvalue weighted by molar-refractivity contribution is 8.03. The van der Waals surface area contributed by atoms with Crippen molar-refractivity contribution in [1.82, 2.24) is 9.80 Å². The summed E-state index contributed by atoms with van der Waals surface area (Å²) in [7, 11) is 2.78. The first-order valence-corrected chi connectivity index (χ1v) is 9.52. The van der Waals surface area contributed by atoms with Crippen LogP contribution in [-0.4, -0.2) is 53.7 Å². The van der Waals surface area contributed by atoms with Gasteiger partial charge in [0.15, 0.2) is 6.23 Å². The van der Waals surface area contributed by atoms with Crippen LogP contribution < -0.4 is 4.90 Å². The van der Waals surface area contributed by atoms with Gasteiger partial charge in [-0.15, -0.1) is 0 Å². The van der Waals surface area contributed by atoms with Gasteiger partial charge in [0.1, 0.15) is 6.07 Å². The molecule has 1 aromatic carbocycles. The Labute approximate surface area is 167 Å². The van der Waals surface area contributed by atoms with Crippen molar-refractivity contribution in [3.8, 4) is 6.07 Å². The first-order valence-electron chi connectivity index (χ1n) is 8.70. The smallest absolute Gasteiger partial charge is 0.328 e. The Morgan fingerprint density at radius 3 is 2.71 bits per heavy atom. The van der Waals surface area contributed by atoms with E-state index in [-0.39, 0.29) is 5.57 Å². The number of benzene rings is 1. The number of imide groups is 1. The fraction of sp³-hybridized carbons (Fsp3) is 0.250. The van der Waals surface area contributed by atoms with Crippen LogP contribution in [0, 0.1) is 11.3 Å². The van der Waals surface area contributed by atoms with Gasteiger partial charge in [-0.2, -0.15) is 5.26 Å². The van der Waals surface area contributed by atoms with Crippen molar-refractivity contribution in [3.63, 3.8) is 0 Å². The summed E-state index contributed by atoms with van der Waals surface area (Å²) in [5.74, 6) is -0.566. The zero-order valence-electron chi connectivity index (χ0n) is 15.8. The van der Waals surface area contributed by atoms with Gasteiger partial charge in [-0.1, -0.05) is 30.0 Å². The Morgan fingerprint density at radius 1 is 1.32 bits per heavy atom. The summed E-state index contributed by atoms with van der Waals surface area (Å²) in [5.41, 5.74) is 1.58. The third-order valence-corrected chi connectivity index (χ3v) is 5.80. The van der Waals surface area contributed by atoms with Gasteiger partial charge in [-0.25, -0.2) is 4.79 Å². The molecule has 0 aromatic heterocycles. The lowest BCUT2D eigenvalue weighted by atomic mass is 10.1. The fourth-order valence-electron chi connectivity index (χ4n) is 3.05. The summed E-state index contributed by atoms with van der Waals surface area (Å²) in [6.07, 6.45) is 3.28. The standard InChI is InChI=1S/C20H20N4O3S/c1-4-24-15-10-5-6-11-16(15)28-19(24)13(12-21)8-7-9-14-17(25)22(2)20(27)23(3)18(14)26/h5-11,17,25H,4H2,1-3H3. The molecule has 1 aromatic rings. The number of para-hydroxylation sites is 1. The fourth-order valence-corrected chi connectivity index (χ4v) is 4.25. The van der Waals surface area contributed by atoms with Crippen molar-refractivity contribution in [2.45, 2.75) is 18.0 Å². The Kier molecular flexibility index (Phi) is 5.58. The van der Waals surface area contributed by atoms with E-state index >= 15 is 0 Å². The molecular weight excluding hydrogens is 376 g/mol. The van der Waals surface area contributed by atoms with Crippen molar-refractivity contribution in [3.05, 3.63) is 58.7 Å². The van der Waals surface area contributed by atoms with Gasteiger partial charge in [0.2, 0.25) is 0 Å². The van der Waals surface area contributed by atoms with Gasteiger partial charge in [0.25, 0.3) is 5.91 Å². The predicted molar refractivity (Wildman–Crippen MR) is 107 cm³/mol. The molecule has 3 rings (SSSR count). The number of thioether (sulfide) groups is 1. The van der Waals surface area contributed by atoms with E-state index in [1.54, 1.807) is 12.2 Å². The van der Waals surface area contributed by atoms with Gasteiger partial charge in [-0.3, -0.25) is 14.6 Å². The number of aliphatic hydroxyl groups excluding tert-OH is 1. The number of aliphatic hydroxyl groups is 1. The number of allylic oxidation sites excluding steroid dienone is 4. The zero-order chi connectivity index (χ0) is 20.4. The molecule has 1 N–H and O–H groups in total. The molecule has 1 saturated heterocycles. The number of hydrogen-bond acceptors (Lipinski definition) is 6. The van der Waals surface area contributed by atoms with E-state index in [0.717, 1.165) is 25.4 Å². The number of fused-ring (bicyclic) bond motifs is 1. The third-order valence-electron chi connectivity index (χ3n) is 4.60. The number of nitriles is 1. The maximum Gasteiger partial charge on any atom is 0.328 e. The summed E-state index contributed by atoms with van der Waals surface area (Å²) in [4.78, 5) is 29.3. The van der Waals surface area contributed by atoms with Crippen molar-refractivity contribution in [1.29, 1.82) is 5.26 Å². The SMILES string of the molecule is CCN1C(=C(C#N)C=CC=C2C(=O)N(C)C(=O)N(C)C2O)Sc2ccccc21. The molecule has 3 amide bonds. The van der Waals surface area contributed by atoms with Crippen LogP contribution in [0.4, 0.5) is 10.5 Å². The Hall–Kier alpha value is -3.02. The van der Waals surface area contributed by atoms with Crippen molar-refractivity contribution >= 4 is 29.4 Å². The molecule has 1 fully saturated rings. The maximum absolute atomic E-state index is 12.3.